The summed E-state index contributed by atoms with van der Waals surface area (Å²) < 4.78 is 18.7. The highest BCUT2D eigenvalue weighted by molar-refractivity contribution is 9.10. The van der Waals surface area contributed by atoms with E-state index in [4.69, 9.17) is 0 Å². The summed E-state index contributed by atoms with van der Waals surface area (Å²) in [4.78, 5) is 13.2. The van der Waals surface area contributed by atoms with Gasteiger partial charge in [-0.05, 0) is 63.3 Å². The Morgan fingerprint density at radius 2 is 1.87 bits per heavy atom. The van der Waals surface area contributed by atoms with Crippen LogP contribution in [0, 0.1) is 5.82 Å². The van der Waals surface area contributed by atoms with E-state index in [2.05, 4.69) is 21.0 Å². The fraction of sp³-hybridized carbons (Fsp3) is 0.217. The fourth-order valence-corrected chi connectivity index (χ4v) is 4.13. The van der Waals surface area contributed by atoms with E-state index < -0.39 is 11.4 Å². The minimum absolute atomic E-state index is 0.0210. The van der Waals surface area contributed by atoms with E-state index in [1.165, 1.54) is 12.3 Å². The summed E-state index contributed by atoms with van der Waals surface area (Å²) in [5, 5.41) is 14.9. The van der Waals surface area contributed by atoms with Crippen LogP contribution in [-0.4, -0.2) is 19.5 Å². The SMILES string of the molecule is CC(C)(C)c1cc(F)c2c(=O)n(-c3ccc(Br)c(-n4cccc4)c3CO)ncc2c1. The molecule has 0 atom stereocenters. The second-order valence-corrected chi connectivity index (χ2v) is 9.03. The van der Waals surface area contributed by atoms with Gasteiger partial charge in [-0.3, -0.25) is 4.79 Å². The number of benzene rings is 2. The number of aliphatic hydroxyl groups excluding tert-OH is 1. The number of halogens is 2. The topological polar surface area (TPSA) is 60.0 Å². The number of rotatable bonds is 3. The van der Waals surface area contributed by atoms with E-state index >= 15 is 0 Å². The second-order valence-electron chi connectivity index (χ2n) is 8.18. The third-order valence-electron chi connectivity index (χ3n) is 5.16. The number of nitrogens with zero attached hydrogens (tertiary/aromatic N) is 3. The van der Waals surface area contributed by atoms with Crippen LogP contribution in [0.1, 0.15) is 31.9 Å². The van der Waals surface area contributed by atoms with E-state index in [0.717, 1.165) is 14.7 Å². The van der Waals surface area contributed by atoms with Crippen molar-refractivity contribution >= 4 is 26.7 Å². The van der Waals surface area contributed by atoms with Crippen LogP contribution in [0.25, 0.3) is 22.1 Å². The van der Waals surface area contributed by atoms with Crippen molar-refractivity contribution in [1.82, 2.24) is 14.3 Å². The normalized spacial score (nSPS) is 11.9. The molecule has 0 saturated carbocycles. The molecule has 1 N–H and O–H groups in total. The van der Waals surface area contributed by atoms with Crippen LogP contribution >= 0.6 is 15.9 Å². The molecule has 0 unspecified atom stereocenters. The molecule has 0 saturated heterocycles. The molecule has 0 aliphatic rings. The van der Waals surface area contributed by atoms with Crippen molar-refractivity contribution in [3.63, 3.8) is 0 Å². The molecule has 4 rings (SSSR count). The molecule has 0 aliphatic heterocycles. The molecule has 2 heterocycles. The minimum Gasteiger partial charge on any atom is -0.392 e. The lowest BCUT2D eigenvalue weighted by Crippen LogP contribution is -2.24. The van der Waals surface area contributed by atoms with Gasteiger partial charge in [-0.1, -0.05) is 20.8 Å². The smallest absolute Gasteiger partial charge is 0.282 e. The van der Waals surface area contributed by atoms with Crippen molar-refractivity contribution in [2.45, 2.75) is 32.8 Å². The molecule has 0 amide bonds. The summed E-state index contributed by atoms with van der Waals surface area (Å²) >= 11 is 3.51. The Morgan fingerprint density at radius 3 is 2.50 bits per heavy atom. The summed E-state index contributed by atoms with van der Waals surface area (Å²) in [5.41, 5.74) is 1.56. The Balaban J connectivity index is 1.99. The maximum absolute atomic E-state index is 15.0. The molecular formula is C23H21BrFN3O2. The van der Waals surface area contributed by atoms with E-state index in [-0.39, 0.29) is 17.4 Å². The van der Waals surface area contributed by atoms with Gasteiger partial charge in [0.05, 0.1) is 29.6 Å². The predicted octanol–water partition coefficient (Wildman–Crippen LogP) is 4.87. The average Bonchev–Trinajstić information content (AvgIpc) is 3.21. The standard InChI is InChI=1S/C23H21BrFN3O2/c1-23(2,3)15-10-14-12-26-28(22(30)20(14)18(25)11-15)19-7-6-17(24)21(16(19)13-29)27-8-4-5-9-27/h4-12,29H,13H2,1-3H3. The van der Waals surface area contributed by atoms with Crippen molar-refractivity contribution < 1.29 is 9.50 Å². The zero-order chi connectivity index (χ0) is 21.6. The first-order valence-corrected chi connectivity index (χ1v) is 10.3. The van der Waals surface area contributed by atoms with Crippen molar-refractivity contribution in [1.29, 1.82) is 0 Å². The van der Waals surface area contributed by atoms with Crippen LogP contribution in [-0.2, 0) is 12.0 Å². The summed E-state index contributed by atoms with van der Waals surface area (Å²) in [6.07, 6.45) is 5.17. The van der Waals surface area contributed by atoms with Gasteiger partial charge in [0.25, 0.3) is 5.56 Å². The zero-order valence-corrected chi connectivity index (χ0v) is 18.4. The Bertz CT molecular complexity index is 1310. The third kappa shape index (κ3) is 3.38. The number of hydrogen-bond acceptors (Lipinski definition) is 3. The van der Waals surface area contributed by atoms with E-state index in [1.54, 1.807) is 18.2 Å². The van der Waals surface area contributed by atoms with Crippen molar-refractivity contribution in [3.05, 3.63) is 86.8 Å². The highest BCUT2D eigenvalue weighted by Crippen LogP contribution is 2.31. The molecule has 0 aliphatic carbocycles. The van der Waals surface area contributed by atoms with Crippen LogP contribution in [0.3, 0.4) is 0 Å². The van der Waals surface area contributed by atoms with Gasteiger partial charge in [0.1, 0.15) is 5.82 Å². The van der Waals surface area contributed by atoms with E-state index in [9.17, 15) is 14.3 Å². The zero-order valence-electron chi connectivity index (χ0n) is 16.9. The largest absolute Gasteiger partial charge is 0.392 e. The molecule has 154 valence electrons. The van der Waals surface area contributed by atoms with Crippen molar-refractivity contribution in [2.75, 3.05) is 0 Å². The van der Waals surface area contributed by atoms with Gasteiger partial charge >= 0.3 is 0 Å². The number of hydrogen-bond donors (Lipinski definition) is 1. The van der Waals surface area contributed by atoms with Gasteiger partial charge in [-0.15, -0.1) is 0 Å². The molecule has 4 aromatic rings. The van der Waals surface area contributed by atoms with Gasteiger partial charge in [-0.2, -0.15) is 9.78 Å². The molecule has 7 heteroatoms. The summed E-state index contributed by atoms with van der Waals surface area (Å²) in [7, 11) is 0. The van der Waals surface area contributed by atoms with Crippen LogP contribution in [0.15, 0.2) is 64.3 Å². The van der Waals surface area contributed by atoms with Crippen LogP contribution in [0.4, 0.5) is 4.39 Å². The molecule has 0 radical (unpaired) electrons. The molecule has 2 aromatic heterocycles. The number of aromatic nitrogens is 3. The monoisotopic (exact) mass is 469 g/mol. The average molecular weight is 470 g/mol. The predicted molar refractivity (Wildman–Crippen MR) is 119 cm³/mol. The van der Waals surface area contributed by atoms with Gasteiger partial charge in [-0.25, -0.2) is 4.39 Å². The molecular weight excluding hydrogens is 449 g/mol. The highest BCUT2D eigenvalue weighted by Gasteiger charge is 2.21. The number of aliphatic hydroxyl groups is 1. The Labute approximate surface area is 181 Å². The quantitative estimate of drug-likeness (QED) is 0.465. The third-order valence-corrected chi connectivity index (χ3v) is 5.80. The molecule has 2 aromatic carbocycles. The van der Waals surface area contributed by atoms with Gasteiger partial charge in [0, 0.05) is 27.8 Å². The highest BCUT2D eigenvalue weighted by atomic mass is 79.9. The van der Waals surface area contributed by atoms with E-state index in [1.807, 2.05) is 49.9 Å². The lowest BCUT2D eigenvalue weighted by Gasteiger charge is -2.20. The van der Waals surface area contributed by atoms with Crippen LogP contribution in [0.5, 0.6) is 0 Å². The van der Waals surface area contributed by atoms with Gasteiger partial charge in [0.15, 0.2) is 0 Å². The lowest BCUT2D eigenvalue weighted by atomic mass is 9.86. The number of fused-ring (bicyclic) bond motifs is 1. The first-order valence-electron chi connectivity index (χ1n) is 9.50. The maximum Gasteiger partial charge on any atom is 0.282 e. The van der Waals surface area contributed by atoms with Crippen molar-refractivity contribution in [2.24, 2.45) is 0 Å². The van der Waals surface area contributed by atoms with E-state index in [0.29, 0.717) is 22.3 Å². The summed E-state index contributed by atoms with van der Waals surface area (Å²) in [5.74, 6) is -0.577. The van der Waals surface area contributed by atoms with Crippen molar-refractivity contribution in [3.8, 4) is 11.4 Å². The molecule has 0 fully saturated rings. The first-order chi connectivity index (χ1) is 14.2. The summed E-state index contributed by atoms with van der Waals surface area (Å²) in [6, 6.07) is 10.4. The maximum atomic E-state index is 15.0. The molecule has 0 bridgehead atoms. The molecule has 0 spiro atoms. The lowest BCUT2D eigenvalue weighted by molar-refractivity contribution is 0.281. The summed E-state index contributed by atoms with van der Waals surface area (Å²) in [6.45, 7) is 5.64. The molecule has 5 nitrogen and oxygen atoms in total. The first kappa shape index (κ1) is 20.5. The van der Waals surface area contributed by atoms with Gasteiger partial charge < -0.3 is 9.67 Å². The fourth-order valence-electron chi connectivity index (χ4n) is 3.55. The second kappa shape index (κ2) is 7.49. The Morgan fingerprint density at radius 1 is 1.17 bits per heavy atom. The van der Waals surface area contributed by atoms with Gasteiger partial charge in [0.2, 0.25) is 0 Å². The Hall–Kier alpha value is -2.77. The molecule has 30 heavy (non-hydrogen) atoms. The van der Waals surface area contributed by atoms with Crippen LogP contribution in [0.2, 0.25) is 0 Å². The van der Waals surface area contributed by atoms with Crippen LogP contribution < -0.4 is 5.56 Å². The Kier molecular flexibility index (Phi) is 5.11. The minimum atomic E-state index is -0.577.